The minimum atomic E-state index is -4.02. The fraction of sp³-hybridized carbons (Fsp3) is 0.286. The Kier molecular flexibility index (Phi) is 5.55. The first-order chi connectivity index (χ1) is 15.8. The van der Waals surface area contributed by atoms with E-state index in [4.69, 9.17) is 20.9 Å². The van der Waals surface area contributed by atoms with E-state index in [1.54, 1.807) is 0 Å². The number of aromatic nitrogens is 2. The number of halogens is 2. The largest absolute Gasteiger partial charge is 0.482 e. The molecule has 1 aliphatic carbocycles. The van der Waals surface area contributed by atoms with Crippen LogP contribution in [-0.2, 0) is 27.9 Å². The summed E-state index contributed by atoms with van der Waals surface area (Å²) in [6, 6.07) is 8.08. The van der Waals surface area contributed by atoms with Crippen molar-refractivity contribution in [3.63, 3.8) is 0 Å². The van der Waals surface area contributed by atoms with Crippen molar-refractivity contribution in [3.8, 4) is 5.75 Å². The molecule has 1 aliphatic heterocycles. The summed E-state index contributed by atoms with van der Waals surface area (Å²) < 4.78 is 51.9. The first kappa shape index (κ1) is 21.8. The van der Waals surface area contributed by atoms with Crippen LogP contribution in [0, 0.1) is 5.82 Å². The van der Waals surface area contributed by atoms with Crippen LogP contribution < -0.4 is 14.4 Å². The number of sulfonamides is 1. The van der Waals surface area contributed by atoms with Gasteiger partial charge in [0, 0.05) is 18.5 Å². The lowest BCUT2D eigenvalue weighted by Crippen LogP contribution is -2.38. The molecule has 33 heavy (non-hydrogen) atoms. The van der Waals surface area contributed by atoms with Gasteiger partial charge in [-0.15, -0.1) is 0 Å². The standard InChI is InChI=1S/C21H18ClFN4O5S/c22-15-7-16-17(8-18(15)33(29,30)24-9-12-1-5-14(23)6-2-12)31-11-20(28)27(16)10-19-25-21(32-26-19)13-3-4-13/h1-2,5-8,13,24H,3-4,9-11H2. The molecule has 1 aromatic heterocycles. The third kappa shape index (κ3) is 4.56. The second-order valence-electron chi connectivity index (χ2n) is 7.79. The summed E-state index contributed by atoms with van der Waals surface area (Å²) in [5, 5.41) is 3.85. The highest BCUT2D eigenvalue weighted by Gasteiger charge is 2.33. The molecule has 1 fully saturated rings. The lowest BCUT2D eigenvalue weighted by Gasteiger charge is -2.29. The molecule has 0 radical (unpaired) electrons. The number of amides is 1. The quantitative estimate of drug-likeness (QED) is 0.538. The Balaban J connectivity index is 1.38. The van der Waals surface area contributed by atoms with Gasteiger partial charge in [0.1, 0.15) is 16.5 Å². The van der Waals surface area contributed by atoms with Crippen molar-refractivity contribution in [1.82, 2.24) is 14.9 Å². The Hall–Kier alpha value is -3.02. The lowest BCUT2D eigenvalue weighted by atomic mass is 10.2. The number of anilines is 1. The van der Waals surface area contributed by atoms with Crippen LogP contribution in [-0.4, -0.2) is 31.1 Å². The van der Waals surface area contributed by atoms with Crippen molar-refractivity contribution in [2.75, 3.05) is 11.5 Å². The molecule has 172 valence electrons. The zero-order valence-electron chi connectivity index (χ0n) is 17.1. The van der Waals surface area contributed by atoms with E-state index in [-0.39, 0.29) is 47.2 Å². The van der Waals surface area contributed by atoms with Gasteiger partial charge in [-0.3, -0.25) is 9.69 Å². The highest BCUT2D eigenvalue weighted by atomic mass is 35.5. The molecule has 0 atom stereocenters. The van der Waals surface area contributed by atoms with E-state index >= 15 is 0 Å². The van der Waals surface area contributed by atoms with Crippen LogP contribution in [0.3, 0.4) is 0 Å². The highest BCUT2D eigenvalue weighted by molar-refractivity contribution is 7.89. The number of fused-ring (bicyclic) bond motifs is 1. The molecule has 5 rings (SSSR count). The number of carbonyl (C=O) groups excluding carboxylic acids is 1. The van der Waals surface area contributed by atoms with Gasteiger partial charge in [0.15, 0.2) is 12.4 Å². The van der Waals surface area contributed by atoms with Gasteiger partial charge in [0.2, 0.25) is 15.9 Å². The molecule has 0 spiro atoms. The minimum Gasteiger partial charge on any atom is -0.482 e. The number of carbonyl (C=O) groups is 1. The molecule has 2 heterocycles. The molecule has 1 amide bonds. The molecule has 2 aromatic carbocycles. The third-order valence-electron chi connectivity index (χ3n) is 5.34. The average Bonchev–Trinajstić information content (AvgIpc) is 3.53. The van der Waals surface area contributed by atoms with Gasteiger partial charge in [-0.2, -0.15) is 4.98 Å². The fourth-order valence-corrected chi connectivity index (χ4v) is 4.96. The van der Waals surface area contributed by atoms with Crippen LogP contribution in [0.1, 0.15) is 36.0 Å². The van der Waals surface area contributed by atoms with E-state index in [9.17, 15) is 17.6 Å². The predicted octanol–water partition coefficient (Wildman–Crippen LogP) is 3.14. The summed E-state index contributed by atoms with van der Waals surface area (Å²) in [6.07, 6.45) is 2.01. The maximum absolute atomic E-state index is 13.1. The van der Waals surface area contributed by atoms with Crippen molar-refractivity contribution < 1.29 is 26.9 Å². The van der Waals surface area contributed by atoms with E-state index in [1.165, 1.54) is 41.3 Å². The summed E-state index contributed by atoms with van der Waals surface area (Å²) in [5.74, 6) is 0.599. The molecule has 12 heteroatoms. The Morgan fingerprint density at radius 3 is 2.70 bits per heavy atom. The summed E-state index contributed by atoms with van der Waals surface area (Å²) in [6.45, 7) is -0.288. The number of nitrogens with zero attached hydrogens (tertiary/aromatic N) is 3. The van der Waals surface area contributed by atoms with Crippen molar-refractivity contribution in [1.29, 1.82) is 0 Å². The summed E-state index contributed by atoms with van der Waals surface area (Å²) in [5.41, 5.74) is 0.888. The smallest absolute Gasteiger partial charge is 0.265 e. The molecule has 0 saturated heterocycles. The van der Waals surface area contributed by atoms with Crippen LogP contribution in [0.25, 0.3) is 0 Å². The third-order valence-corrected chi connectivity index (χ3v) is 7.20. The molecular formula is C21H18ClFN4O5S. The normalized spacial score (nSPS) is 15.9. The summed E-state index contributed by atoms with van der Waals surface area (Å²) >= 11 is 6.31. The van der Waals surface area contributed by atoms with E-state index in [0.717, 1.165) is 12.8 Å². The zero-order chi connectivity index (χ0) is 23.2. The van der Waals surface area contributed by atoms with E-state index in [0.29, 0.717) is 23.0 Å². The van der Waals surface area contributed by atoms with Crippen LogP contribution in [0.5, 0.6) is 5.75 Å². The highest BCUT2D eigenvalue weighted by Crippen LogP contribution is 2.40. The van der Waals surface area contributed by atoms with Gasteiger partial charge in [0.05, 0.1) is 17.3 Å². The maximum atomic E-state index is 13.1. The first-order valence-corrected chi connectivity index (χ1v) is 12.0. The van der Waals surface area contributed by atoms with Crippen LogP contribution in [0.15, 0.2) is 45.8 Å². The lowest BCUT2D eigenvalue weighted by molar-refractivity contribution is -0.121. The van der Waals surface area contributed by atoms with E-state index in [1.807, 2.05) is 0 Å². The van der Waals surface area contributed by atoms with Crippen molar-refractivity contribution in [3.05, 3.63) is 64.5 Å². The van der Waals surface area contributed by atoms with Crippen LogP contribution >= 0.6 is 11.6 Å². The van der Waals surface area contributed by atoms with Gasteiger partial charge in [-0.25, -0.2) is 17.5 Å². The number of hydrogen-bond acceptors (Lipinski definition) is 7. The number of rotatable bonds is 7. The summed E-state index contributed by atoms with van der Waals surface area (Å²) in [4.78, 5) is 18.0. The molecule has 9 nitrogen and oxygen atoms in total. The molecule has 0 bridgehead atoms. The number of nitrogens with one attached hydrogen (secondary N) is 1. The second-order valence-corrected chi connectivity index (χ2v) is 9.94. The van der Waals surface area contributed by atoms with E-state index < -0.39 is 15.8 Å². The van der Waals surface area contributed by atoms with Crippen molar-refractivity contribution >= 4 is 33.2 Å². The van der Waals surface area contributed by atoms with Crippen molar-refractivity contribution in [2.24, 2.45) is 0 Å². The summed E-state index contributed by atoms with van der Waals surface area (Å²) in [7, 11) is -4.02. The molecule has 1 N–H and O–H groups in total. The van der Waals surface area contributed by atoms with Gasteiger partial charge in [-0.1, -0.05) is 28.9 Å². The Labute approximate surface area is 193 Å². The fourth-order valence-electron chi connectivity index (χ4n) is 3.41. The van der Waals surface area contributed by atoms with Gasteiger partial charge >= 0.3 is 0 Å². The monoisotopic (exact) mass is 492 g/mol. The topological polar surface area (TPSA) is 115 Å². The SMILES string of the molecule is O=C1COc2cc(S(=O)(=O)NCc3ccc(F)cc3)c(Cl)cc2N1Cc1noc(C2CC2)n1. The average molecular weight is 493 g/mol. The van der Waals surface area contributed by atoms with Crippen molar-refractivity contribution in [2.45, 2.75) is 36.7 Å². The first-order valence-electron chi connectivity index (χ1n) is 10.1. The van der Waals surface area contributed by atoms with E-state index in [2.05, 4.69) is 14.9 Å². The van der Waals surface area contributed by atoms with Gasteiger partial charge in [-0.05, 0) is 36.6 Å². The molecule has 1 saturated carbocycles. The zero-order valence-corrected chi connectivity index (χ0v) is 18.7. The predicted molar refractivity (Wildman–Crippen MR) is 115 cm³/mol. The Bertz CT molecular complexity index is 1320. The van der Waals surface area contributed by atoms with Crippen LogP contribution in [0.4, 0.5) is 10.1 Å². The van der Waals surface area contributed by atoms with Crippen LogP contribution in [0.2, 0.25) is 5.02 Å². The van der Waals surface area contributed by atoms with Gasteiger partial charge < -0.3 is 9.26 Å². The number of hydrogen-bond donors (Lipinski definition) is 1. The number of benzene rings is 2. The Morgan fingerprint density at radius 2 is 1.97 bits per heavy atom. The molecule has 0 unspecified atom stereocenters. The number of ether oxygens (including phenoxy) is 1. The Morgan fingerprint density at radius 1 is 1.21 bits per heavy atom. The maximum Gasteiger partial charge on any atom is 0.265 e. The molecule has 2 aliphatic rings. The molecular weight excluding hydrogens is 475 g/mol. The minimum absolute atomic E-state index is 0.0383. The molecule has 3 aromatic rings. The van der Waals surface area contributed by atoms with Gasteiger partial charge in [0.25, 0.3) is 5.91 Å². The second kappa shape index (κ2) is 8.40.